The fraction of sp³-hybridized carbons (Fsp3) is 0.550. The molecule has 3 rings (SSSR count). The normalized spacial score (nSPS) is 26.4. The maximum Gasteiger partial charge on any atom is 0.244 e. The van der Waals surface area contributed by atoms with Crippen molar-refractivity contribution in [1.82, 2.24) is 10.2 Å². The minimum absolute atomic E-state index is 0.0385. The number of methoxy groups -OCH3 is 1. The van der Waals surface area contributed by atoms with Crippen LogP contribution in [0, 0.1) is 0 Å². The van der Waals surface area contributed by atoms with E-state index in [1.807, 2.05) is 30.3 Å². The van der Waals surface area contributed by atoms with Crippen LogP contribution >= 0.6 is 0 Å². The van der Waals surface area contributed by atoms with Crippen molar-refractivity contribution >= 4 is 5.91 Å². The monoisotopic (exact) mass is 328 g/mol. The molecule has 2 aliphatic heterocycles. The van der Waals surface area contributed by atoms with E-state index in [0.29, 0.717) is 12.1 Å². The number of carbonyl (C=O) groups excluding carboxylic acids is 1. The number of benzene rings is 1. The molecular formula is C20H28N2O2. The Morgan fingerprint density at radius 2 is 1.92 bits per heavy atom. The second kappa shape index (κ2) is 7.39. The highest BCUT2D eigenvalue weighted by Gasteiger charge is 2.35. The number of hydrogen-bond acceptors (Lipinski definition) is 3. The van der Waals surface area contributed by atoms with Crippen LogP contribution in [-0.4, -0.2) is 37.0 Å². The fourth-order valence-electron chi connectivity index (χ4n) is 4.04. The molecule has 1 N–H and O–H groups in total. The molecule has 24 heavy (non-hydrogen) atoms. The third kappa shape index (κ3) is 3.64. The topological polar surface area (TPSA) is 41.6 Å². The van der Waals surface area contributed by atoms with Crippen molar-refractivity contribution in [2.24, 2.45) is 0 Å². The van der Waals surface area contributed by atoms with Gasteiger partial charge < -0.3 is 10.1 Å². The van der Waals surface area contributed by atoms with Crippen molar-refractivity contribution in [3.8, 4) is 5.75 Å². The molecule has 2 saturated heterocycles. The molecule has 0 unspecified atom stereocenters. The third-order valence-corrected chi connectivity index (χ3v) is 5.56. The minimum atomic E-state index is 0.0385. The van der Waals surface area contributed by atoms with Crippen LogP contribution in [0.1, 0.15) is 50.6 Å². The van der Waals surface area contributed by atoms with Crippen molar-refractivity contribution in [1.29, 1.82) is 0 Å². The Balaban J connectivity index is 1.63. The lowest BCUT2D eigenvalue weighted by molar-refractivity contribution is -0.117. The largest absolute Gasteiger partial charge is 0.497 e. The summed E-state index contributed by atoms with van der Waals surface area (Å²) in [5.41, 5.74) is 2.43. The molecule has 0 aromatic heterocycles. The van der Waals surface area contributed by atoms with Crippen LogP contribution in [0.15, 0.2) is 35.9 Å². The van der Waals surface area contributed by atoms with Crippen LogP contribution in [0.3, 0.4) is 0 Å². The summed E-state index contributed by atoms with van der Waals surface area (Å²) in [7, 11) is 3.88. The minimum Gasteiger partial charge on any atom is -0.497 e. The first kappa shape index (κ1) is 17.0. The van der Waals surface area contributed by atoms with E-state index in [2.05, 4.69) is 24.2 Å². The standard InChI is InChI=1S/C20H28N2O2/c1-4-19(15-5-9-18(24-3)10-6-15)21-20(23)13-14-11-16-7-8-17(12-14)22(16)2/h5-6,9-10,13,16-17,19H,4,7-8,11-12H2,1-3H3,(H,21,23)/t16-,17+,19-/m1/s1. The Bertz CT molecular complexity index is 593. The lowest BCUT2D eigenvalue weighted by Gasteiger charge is -2.32. The number of piperidine rings is 1. The van der Waals surface area contributed by atoms with Gasteiger partial charge in [-0.3, -0.25) is 9.69 Å². The van der Waals surface area contributed by atoms with E-state index < -0.39 is 0 Å². The first-order valence-corrected chi connectivity index (χ1v) is 8.96. The van der Waals surface area contributed by atoms with E-state index in [4.69, 9.17) is 4.74 Å². The zero-order chi connectivity index (χ0) is 17.1. The van der Waals surface area contributed by atoms with Gasteiger partial charge in [-0.1, -0.05) is 24.6 Å². The molecule has 2 bridgehead atoms. The second-order valence-electron chi connectivity index (χ2n) is 7.00. The Labute approximate surface area is 144 Å². The Morgan fingerprint density at radius 3 is 2.46 bits per heavy atom. The molecule has 1 aromatic carbocycles. The molecule has 0 radical (unpaired) electrons. The second-order valence-corrected chi connectivity index (χ2v) is 7.00. The van der Waals surface area contributed by atoms with Crippen molar-refractivity contribution in [2.75, 3.05) is 14.2 Å². The zero-order valence-electron chi connectivity index (χ0n) is 14.9. The highest BCUT2D eigenvalue weighted by molar-refractivity contribution is 5.88. The number of amides is 1. The lowest BCUT2D eigenvalue weighted by Crippen LogP contribution is -2.37. The molecule has 2 fully saturated rings. The van der Waals surface area contributed by atoms with Gasteiger partial charge in [0.2, 0.25) is 5.91 Å². The van der Waals surface area contributed by atoms with Gasteiger partial charge in [0.15, 0.2) is 0 Å². The summed E-state index contributed by atoms with van der Waals surface area (Å²) in [6.07, 6.45) is 7.34. The van der Waals surface area contributed by atoms with Crippen molar-refractivity contribution in [3.05, 3.63) is 41.5 Å². The van der Waals surface area contributed by atoms with Crippen LogP contribution in [0.4, 0.5) is 0 Å². The maximum absolute atomic E-state index is 12.5. The van der Waals surface area contributed by atoms with E-state index in [0.717, 1.165) is 30.6 Å². The van der Waals surface area contributed by atoms with E-state index >= 15 is 0 Å². The quantitative estimate of drug-likeness (QED) is 0.842. The summed E-state index contributed by atoms with van der Waals surface area (Å²) in [6, 6.07) is 9.24. The zero-order valence-corrected chi connectivity index (χ0v) is 14.9. The number of carbonyl (C=O) groups is 1. The third-order valence-electron chi connectivity index (χ3n) is 5.56. The van der Waals surface area contributed by atoms with Gasteiger partial charge in [0.1, 0.15) is 5.75 Å². The molecule has 0 aliphatic carbocycles. The molecule has 3 atom stereocenters. The number of fused-ring (bicyclic) bond motifs is 2. The smallest absolute Gasteiger partial charge is 0.244 e. The van der Waals surface area contributed by atoms with Gasteiger partial charge in [0, 0.05) is 18.2 Å². The van der Waals surface area contributed by atoms with Gasteiger partial charge >= 0.3 is 0 Å². The van der Waals surface area contributed by atoms with E-state index in [-0.39, 0.29) is 11.9 Å². The summed E-state index contributed by atoms with van der Waals surface area (Å²) in [5, 5.41) is 3.16. The van der Waals surface area contributed by atoms with E-state index in [1.54, 1.807) is 7.11 Å². The summed E-state index contributed by atoms with van der Waals surface area (Å²) in [4.78, 5) is 15.0. The summed E-state index contributed by atoms with van der Waals surface area (Å²) in [6.45, 7) is 2.10. The fourth-order valence-corrected chi connectivity index (χ4v) is 4.04. The van der Waals surface area contributed by atoms with Crippen LogP contribution in [0.5, 0.6) is 5.75 Å². The van der Waals surface area contributed by atoms with Crippen molar-refractivity contribution in [3.63, 3.8) is 0 Å². The van der Waals surface area contributed by atoms with Gasteiger partial charge in [-0.25, -0.2) is 0 Å². The van der Waals surface area contributed by atoms with Gasteiger partial charge in [-0.05, 0) is 56.8 Å². The molecule has 0 saturated carbocycles. The number of nitrogens with zero attached hydrogens (tertiary/aromatic N) is 1. The number of rotatable bonds is 5. The van der Waals surface area contributed by atoms with Gasteiger partial charge in [0.25, 0.3) is 0 Å². The molecule has 130 valence electrons. The summed E-state index contributed by atoms with van der Waals surface area (Å²) < 4.78 is 5.20. The Morgan fingerprint density at radius 1 is 1.29 bits per heavy atom. The molecule has 4 nitrogen and oxygen atoms in total. The van der Waals surface area contributed by atoms with Crippen LogP contribution in [0.2, 0.25) is 0 Å². The van der Waals surface area contributed by atoms with Gasteiger partial charge in [-0.2, -0.15) is 0 Å². The molecule has 0 spiro atoms. The predicted molar refractivity (Wildman–Crippen MR) is 96.1 cm³/mol. The molecule has 1 aromatic rings. The highest BCUT2D eigenvalue weighted by atomic mass is 16.5. The van der Waals surface area contributed by atoms with Crippen LogP contribution in [-0.2, 0) is 4.79 Å². The first-order chi connectivity index (χ1) is 11.6. The Kier molecular flexibility index (Phi) is 5.24. The lowest BCUT2D eigenvalue weighted by atomic mass is 9.96. The number of hydrogen-bond donors (Lipinski definition) is 1. The number of nitrogens with one attached hydrogen (secondary N) is 1. The highest BCUT2D eigenvalue weighted by Crippen LogP contribution is 2.36. The average molecular weight is 328 g/mol. The molecular weight excluding hydrogens is 300 g/mol. The van der Waals surface area contributed by atoms with Crippen molar-refractivity contribution < 1.29 is 9.53 Å². The van der Waals surface area contributed by atoms with E-state index in [1.165, 1.54) is 18.4 Å². The average Bonchev–Trinajstić information content (AvgIpc) is 2.81. The molecule has 1 amide bonds. The SMILES string of the molecule is CC[C@@H](NC(=O)C=C1C[C@H]2CC[C@@H](C1)N2C)c1ccc(OC)cc1. The molecule has 4 heteroatoms. The first-order valence-electron chi connectivity index (χ1n) is 8.96. The maximum atomic E-state index is 12.5. The summed E-state index contributed by atoms with van der Waals surface area (Å²) >= 11 is 0. The van der Waals surface area contributed by atoms with Gasteiger partial charge in [-0.15, -0.1) is 0 Å². The van der Waals surface area contributed by atoms with Crippen LogP contribution in [0.25, 0.3) is 0 Å². The predicted octanol–water partition coefficient (Wildman–Crippen LogP) is 3.45. The van der Waals surface area contributed by atoms with Gasteiger partial charge in [0.05, 0.1) is 13.2 Å². The van der Waals surface area contributed by atoms with Crippen LogP contribution < -0.4 is 10.1 Å². The van der Waals surface area contributed by atoms with E-state index in [9.17, 15) is 4.79 Å². The Hall–Kier alpha value is -1.81. The number of ether oxygens (including phenoxy) is 1. The van der Waals surface area contributed by atoms with Crippen molar-refractivity contribution in [2.45, 2.75) is 57.2 Å². The summed E-state index contributed by atoms with van der Waals surface area (Å²) in [5.74, 6) is 0.875. The molecule has 2 heterocycles. The molecule has 2 aliphatic rings.